The zero-order valence-electron chi connectivity index (χ0n) is 13.8. The molecule has 3 aromatic rings. The van der Waals surface area contributed by atoms with Gasteiger partial charge in [-0.3, -0.25) is 4.98 Å². The van der Waals surface area contributed by atoms with Gasteiger partial charge in [-0.2, -0.15) is 0 Å². The average molecular weight is 338 g/mol. The van der Waals surface area contributed by atoms with Crippen molar-refractivity contribution in [3.63, 3.8) is 0 Å². The molecule has 0 aliphatic rings. The Morgan fingerprint density at radius 1 is 1.24 bits per heavy atom. The molecule has 0 aliphatic carbocycles. The Hall–Kier alpha value is -3.22. The van der Waals surface area contributed by atoms with E-state index in [4.69, 9.17) is 9.15 Å². The van der Waals surface area contributed by atoms with Gasteiger partial charge >= 0.3 is 5.97 Å². The summed E-state index contributed by atoms with van der Waals surface area (Å²) in [4.78, 5) is 25.0. The summed E-state index contributed by atoms with van der Waals surface area (Å²) in [6.45, 7) is 2.65. The molecule has 0 amide bonds. The minimum Gasteiger partial charge on any atom is -0.463 e. The zero-order valence-corrected chi connectivity index (χ0v) is 13.8. The van der Waals surface area contributed by atoms with Gasteiger partial charge in [0.2, 0.25) is 5.95 Å². The molecular weight excluding hydrogens is 320 g/mol. The predicted molar refractivity (Wildman–Crippen MR) is 92.1 cm³/mol. The third-order valence-corrected chi connectivity index (χ3v) is 3.43. The quantitative estimate of drug-likeness (QED) is 0.662. The first-order valence-electron chi connectivity index (χ1n) is 7.99. The van der Waals surface area contributed by atoms with Crippen LogP contribution in [0.2, 0.25) is 0 Å². The number of anilines is 1. The number of carbonyl (C=O) groups excluding carboxylic acids is 1. The van der Waals surface area contributed by atoms with Crippen LogP contribution < -0.4 is 5.32 Å². The molecule has 25 heavy (non-hydrogen) atoms. The van der Waals surface area contributed by atoms with Crippen molar-refractivity contribution in [1.82, 2.24) is 15.0 Å². The fraction of sp³-hybridized carbons (Fsp3) is 0.222. The van der Waals surface area contributed by atoms with E-state index in [0.29, 0.717) is 23.9 Å². The fourth-order valence-corrected chi connectivity index (χ4v) is 2.27. The van der Waals surface area contributed by atoms with E-state index < -0.39 is 5.97 Å². The molecule has 0 bridgehead atoms. The van der Waals surface area contributed by atoms with E-state index in [0.717, 1.165) is 12.1 Å². The SMILES string of the molecule is CCOC(=O)c1cnc(NCCc2ccccn2)nc1-c1ccco1. The van der Waals surface area contributed by atoms with E-state index >= 15 is 0 Å². The molecule has 0 aromatic carbocycles. The smallest absolute Gasteiger partial charge is 0.342 e. The van der Waals surface area contributed by atoms with E-state index in [9.17, 15) is 4.79 Å². The Morgan fingerprint density at radius 2 is 2.16 bits per heavy atom. The van der Waals surface area contributed by atoms with Crippen molar-refractivity contribution in [3.05, 3.63) is 60.2 Å². The molecule has 0 aliphatic heterocycles. The van der Waals surface area contributed by atoms with Crippen molar-refractivity contribution in [2.45, 2.75) is 13.3 Å². The monoisotopic (exact) mass is 338 g/mol. The van der Waals surface area contributed by atoms with Crippen molar-refractivity contribution < 1.29 is 13.9 Å². The van der Waals surface area contributed by atoms with Crippen molar-refractivity contribution >= 4 is 11.9 Å². The van der Waals surface area contributed by atoms with Crippen LogP contribution in [-0.2, 0) is 11.2 Å². The molecule has 0 unspecified atom stereocenters. The Balaban J connectivity index is 1.77. The highest BCUT2D eigenvalue weighted by molar-refractivity contribution is 5.95. The highest BCUT2D eigenvalue weighted by atomic mass is 16.5. The first-order valence-corrected chi connectivity index (χ1v) is 7.99. The number of furan rings is 1. The summed E-state index contributed by atoms with van der Waals surface area (Å²) in [6.07, 6.45) is 5.47. The molecule has 0 saturated heterocycles. The molecule has 3 aromatic heterocycles. The topological polar surface area (TPSA) is 90.1 Å². The van der Waals surface area contributed by atoms with Gasteiger partial charge in [-0.25, -0.2) is 14.8 Å². The number of rotatable bonds is 7. The summed E-state index contributed by atoms with van der Waals surface area (Å²) in [5.41, 5.74) is 1.65. The molecule has 0 radical (unpaired) electrons. The lowest BCUT2D eigenvalue weighted by Crippen LogP contribution is -2.12. The van der Waals surface area contributed by atoms with Gasteiger partial charge < -0.3 is 14.5 Å². The lowest BCUT2D eigenvalue weighted by Gasteiger charge is -2.09. The molecule has 128 valence electrons. The molecule has 0 spiro atoms. The number of pyridine rings is 1. The largest absolute Gasteiger partial charge is 0.463 e. The van der Waals surface area contributed by atoms with Crippen molar-refractivity contribution in [1.29, 1.82) is 0 Å². The van der Waals surface area contributed by atoms with Crippen LogP contribution in [0.5, 0.6) is 0 Å². The van der Waals surface area contributed by atoms with Crippen LogP contribution in [-0.4, -0.2) is 34.1 Å². The summed E-state index contributed by atoms with van der Waals surface area (Å²) in [7, 11) is 0. The highest BCUT2D eigenvalue weighted by Gasteiger charge is 2.19. The van der Waals surface area contributed by atoms with Gasteiger partial charge in [-0.05, 0) is 31.2 Å². The number of carbonyl (C=O) groups is 1. The van der Waals surface area contributed by atoms with Crippen molar-refractivity contribution in [3.8, 4) is 11.5 Å². The molecule has 7 heteroatoms. The van der Waals surface area contributed by atoms with Gasteiger partial charge in [-0.1, -0.05) is 6.07 Å². The Labute approximate surface area is 145 Å². The minimum atomic E-state index is -0.478. The normalized spacial score (nSPS) is 10.4. The third kappa shape index (κ3) is 4.20. The molecule has 7 nitrogen and oxygen atoms in total. The van der Waals surface area contributed by atoms with Crippen LogP contribution in [0.4, 0.5) is 5.95 Å². The number of nitrogens with zero attached hydrogens (tertiary/aromatic N) is 3. The number of hydrogen-bond donors (Lipinski definition) is 1. The molecule has 0 atom stereocenters. The summed E-state index contributed by atoms with van der Waals surface area (Å²) in [5.74, 6) is 0.419. The fourth-order valence-electron chi connectivity index (χ4n) is 2.27. The highest BCUT2D eigenvalue weighted by Crippen LogP contribution is 2.23. The van der Waals surface area contributed by atoms with Crippen molar-refractivity contribution in [2.24, 2.45) is 0 Å². The zero-order chi connectivity index (χ0) is 17.5. The van der Waals surface area contributed by atoms with E-state index in [1.165, 1.54) is 12.5 Å². The van der Waals surface area contributed by atoms with E-state index in [1.807, 2.05) is 18.2 Å². The van der Waals surface area contributed by atoms with Crippen LogP contribution in [0, 0.1) is 0 Å². The maximum Gasteiger partial charge on any atom is 0.342 e. The molecule has 1 N–H and O–H groups in total. The van der Waals surface area contributed by atoms with Crippen LogP contribution in [0.3, 0.4) is 0 Å². The van der Waals surface area contributed by atoms with Crippen LogP contribution in [0.15, 0.2) is 53.4 Å². The molecule has 0 saturated carbocycles. The second-order valence-electron chi connectivity index (χ2n) is 5.15. The molecular formula is C18H18N4O3. The standard InChI is InChI=1S/C18H18N4O3/c1-2-24-17(23)14-12-21-18(22-16(14)15-7-5-11-25-15)20-10-8-13-6-3-4-9-19-13/h3-7,9,11-12H,2,8,10H2,1H3,(H,20,21,22). The Kier molecular flexibility index (Phi) is 5.36. The van der Waals surface area contributed by atoms with Gasteiger partial charge in [0.15, 0.2) is 5.76 Å². The maximum absolute atomic E-state index is 12.1. The first-order chi connectivity index (χ1) is 12.3. The number of esters is 1. The molecule has 3 heterocycles. The number of aromatic nitrogens is 3. The number of hydrogen-bond acceptors (Lipinski definition) is 7. The molecule has 0 fully saturated rings. The number of ether oxygens (including phenoxy) is 1. The second kappa shape index (κ2) is 8.05. The van der Waals surface area contributed by atoms with Crippen LogP contribution in [0.1, 0.15) is 23.0 Å². The van der Waals surface area contributed by atoms with Crippen molar-refractivity contribution in [2.75, 3.05) is 18.5 Å². The maximum atomic E-state index is 12.1. The first kappa shape index (κ1) is 16.6. The lowest BCUT2D eigenvalue weighted by molar-refractivity contribution is 0.0526. The average Bonchev–Trinajstić information content (AvgIpc) is 3.17. The Bertz CT molecular complexity index is 820. The van der Waals surface area contributed by atoms with E-state index in [2.05, 4.69) is 20.3 Å². The lowest BCUT2D eigenvalue weighted by atomic mass is 10.2. The third-order valence-electron chi connectivity index (χ3n) is 3.43. The predicted octanol–water partition coefficient (Wildman–Crippen LogP) is 2.96. The van der Waals surface area contributed by atoms with Gasteiger partial charge in [-0.15, -0.1) is 0 Å². The van der Waals surface area contributed by atoms with Gasteiger partial charge in [0.05, 0.1) is 12.9 Å². The summed E-state index contributed by atoms with van der Waals surface area (Å²) in [6, 6.07) is 9.26. The summed E-state index contributed by atoms with van der Waals surface area (Å²) < 4.78 is 10.4. The van der Waals surface area contributed by atoms with E-state index in [1.54, 1.807) is 25.3 Å². The van der Waals surface area contributed by atoms with Gasteiger partial charge in [0.1, 0.15) is 11.3 Å². The Morgan fingerprint density at radius 3 is 2.88 bits per heavy atom. The summed E-state index contributed by atoms with van der Waals surface area (Å²) >= 11 is 0. The van der Waals surface area contributed by atoms with Crippen LogP contribution >= 0.6 is 0 Å². The molecule has 3 rings (SSSR count). The van der Waals surface area contributed by atoms with Crippen LogP contribution in [0.25, 0.3) is 11.5 Å². The van der Waals surface area contributed by atoms with Gasteiger partial charge in [0, 0.05) is 31.1 Å². The van der Waals surface area contributed by atoms with E-state index in [-0.39, 0.29) is 12.2 Å². The minimum absolute atomic E-state index is 0.270. The second-order valence-corrected chi connectivity index (χ2v) is 5.15. The van der Waals surface area contributed by atoms with Gasteiger partial charge in [0.25, 0.3) is 0 Å². The summed E-state index contributed by atoms with van der Waals surface area (Å²) in [5, 5.41) is 3.14. The number of nitrogens with one attached hydrogen (secondary N) is 1.